The Kier molecular flexibility index (Phi) is 4.12. The molecule has 1 amide bonds. The average Bonchev–Trinajstić information content (AvgIpc) is 2.35. The van der Waals surface area contributed by atoms with Crippen LogP contribution < -0.4 is 5.32 Å². The Morgan fingerprint density at radius 2 is 2.35 bits per heavy atom. The molecule has 0 spiro atoms. The number of anilines is 1. The standard InChI is InChI=1S/C12H13BrFNO2/c13-10-4-3-9(14)6-11(10)15-12(16)8-2-1-5-17-7-8/h3-4,6,8H,1-2,5,7H2,(H,15,16). The first-order chi connectivity index (χ1) is 8.16. The Hall–Kier alpha value is -0.940. The molecular formula is C12H13BrFNO2. The maximum Gasteiger partial charge on any atom is 0.229 e. The van der Waals surface area contributed by atoms with Crippen molar-refractivity contribution in [3.63, 3.8) is 0 Å². The number of nitrogens with one attached hydrogen (secondary N) is 1. The molecule has 1 N–H and O–H groups in total. The van der Waals surface area contributed by atoms with Crippen molar-refractivity contribution in [1.82, 2.24) is 0 Å². The molecule has 1 atom stereocenters. The number of carbonyl (C=O) groups excluding carboxylic acids is 1. The van der Waals surface area contributed by atoms with E-state index in [9.17, 15) is 9.18 Å². The smallest absolute Gasteiger partial charge is 0.229 e. The van der Waals surface area contributed by atoms with Crippen molar-refractivity contribution in [2.45, 2.75) is 12.8 Å². The molecule has 1 heterocycles. The first-order valence-corrected chi connectivity index (χ1v) is 6.30. The number of rotatable bonds is 2. The van der Waals surface area contributed by atoms with Gasteiger partial charge < -0.3 is 10.1 Å². The largest absolute Gasteiger partial charge is 0.381 e. The number of amides is 1. The highest BCUT2D eigenvalue weighted by molar-refractivity contribution is 9.10. The first kappa shape index (κ1) is 12.5. The van der Waals surface area contributed by atoms with Crippen molar-refractivity contribution in [1.29, 1.82) is 0 Å². The van der Waals surface area contributed by atoms with Gasteiger partial charge in [0.25, 0.3) is 0 Å². The second kappa shape index (κ2) is 5.60. The third kappa shape index (κ3) is 3.26. The van der Waals surface area contributed by atoms with Crippen LogP contribution in [-0.4, -0.2) is 19.1 Å². The highest BCUT2D eigenvalue weighted by atomic mass is 79.9. The molecule has 0 aromatic heterocycles. The van der Waals surface area contributed by atoms with Gasteiger partial charge in [-0.15, -0.1) is 0 Å². The Labute approximate surface area is 107 Å². The molecule has 0 aliphatic carbocycles. The van der Waals surface area contributed by atoms with Gasteiger partial charge in [-0.05, 0) is 47.0 Å². The summed E-state index contributed by atoms with van der Waals surface area (Å²) in [5.41, 5.74) is 0.459. The minimum atomic E-state index is -0.372. The fourth-order valence-electron chi connectivity index (χ4n) is 1.78. The van der Waals surface area contributed by atoms with Gasteiger partial charge >= 0.3 is 0 Å². The minimum Gasteiger partial charge on any atom is -0.381 e. The molecule has 5 heteroatoms. The Morgan fingerprint density at radius 3 is 3.06 bits per heavy atom. The van der Waals surface area contributed by atoms with E-state index in [1.165, 1.54) is 12.1 Å². The summed E-state index contributed by atoms with van der Waals surface area (Å²) in [5.74, 6) is -0.627. The van der Waals surface area contributed by atoms with E-state index >= 15 is 0 Å². The molecule has 1 aliphatic rings. The Morgan fingerprint density at radius 1 is 1.53 bits per heavy atom. The van der Waals surface area contributed by atoms with Gasteiger partial charge in [0.05, 0.1) is 18.2 Å². The van der Waals surface area contributed by atoms with E-state index < -0.39 is 0 Å². The molecule has 1 aromatic rings. The number of ether oxygens (including phenoxy) is 1. The van der Waals surface area contributed by atoms with Crippen molar-refractivity contribution in [3.05, 3.63) is 28.5 Å². The molecule has 1 aromatic carbocycles. The van der Waals surface area contributed by atoms with Crippen molar-refractivity contribution < 1.29 is 13.9 Å². The summed E-state index contributed by atoms with van der Waals surface area (Å²) in [5, 5.41) is 2.71. The van der Waals surface area contributed by atoms with E-state index in [-0.39, 0.29) is 17.6 Å². The lowest BCUT2D eigenvalue weighted by Gasteiger charge is -2.21. The van der Waals surface area contributed by atoms with Gasteiger partial charge in [0.15, 0.2) is 0 Å². The molecule has 0 bridgehead atoms. The summed E-state index contributed by atoms with van der Waals surface area (Å²) in [6.45, 7) is 1.16. The van der Waals surface area contributed by atoms with Crippen LogP contribution in [0.4, 0.5) is 10.1 Å². The summed E-state index contributed by atoms with van der Waals surface area (Å²) >= 11 is 3.27. The highest BCUT2D eigenvalue weighted by Gasteiger charge is 2.22. The number of carbonyl (C=O) groups is 1. The molecule has 1 saturated heterocycles. The molecule has 0 saturated carbocycles. The zero-order valence-corrected chi connectivity index (χ0v) is 10.8. The maximum absolute atomic E-state index is 13.0. The van der Waals surface area contributed by atoms with Gasteiger partial charge in [0.1, 0.15) is 5.82 Å². The molecule has 1 fully saturated rings. The summed E-state index contributed by atoms with van der Waals surface area (Å²) in [6, 6.07) is 4.21. The predicted octanol–water partition coefficient (Wildman–Crippen LogP) is 2.95. The SMILES string of the molecule is O=C(Nc1cc(F)ccc1Br)C1CCCOC1. The van der Waals surface area contributed by atoms with Crippen LogP contribution in [0.1, 0.15) is 12.8 Å². The van der Waals surface area contributed by atoms with Crippen LogP contribution in [0.3, 0.4) is 0 Å². The van der Waals surface area contributed by atoms with Crippen LogP contribution in [0.15, 0.2) is 22.7 Å². The summed E-state index contributed by atoms with van der Waals surface area (Å²) in [4.78, 5) is 11.9. The van der Waals surface area contributed by atoms with Crippen LogP contribution >= 0.6 is 15.9 Å². The van der Waals surface area contributed by atoms with Crippen LogP contribution in [0.25, 0.3) is 0 Å². The number of hydrogen-bond donors (Lipinski definition) is 1. The third-order valence-corrected chi connectivity index (χ3v) is 3.41. The summed E-state index contributed by atoms with van der Waals surface area (Å²) in [7, 11) is 0. The molecule has 2 rings (SSSR count). The first-order valence-electron chi connectivity index (χ1n) is 5.50. The molecule has 1 unspecified atom stereocenters. The molecule has 92 valence electrons. The van der Waals surface area contributed by atoms with E-state index in [1.807, 2.05) is 0 Å². The molecular weight excluding hydrogens is 289 g/mol. The van der Waals surface area contributed by atoms with Crippen molar-refractivity contribution in [3.8, 4) is 0 Å². The van der Waals surface area contributed by atoms with E-state index in [4.69, 9.17) is 4.74 Å². The number of benzene rings is 1. The van der Waals surface area contributed by atoms with Crippen LogP contribution in [0.2, 0.25) is 0 Å². The Balaban J connectivity index is 2.04. The van der Waals surface area contributed by atoms with Crippen LogP contribution in [-0.2, 0) is 9.53 Å². The van der Waals surface area contributed by atoms with Crippen molar-refractivity contribution in [2.24, 2.45) is 5.92 Å². The lowest BCUT2D eigenvalue weighted by molar-refractivity contribution is -0.123. The third-order valence-electron chi connectivity index (χ3n) is 2.72. The van der Waals surface area contributed by atoms with Crippen LogP contribution in [0, 0.1) is 11.7 Å². The normalized spacial score (nSPS) is 20.0. The monoisotopic (exact) mass is 301 g/mol. The molecule has 1 aliphatic heterocycles. The average molecular weight is 302 g/mol. The Bertz CT molecular complexity index is 419. The van der Waals surface area contributed by atoms with Crippen molar-refractivity contribution in [2.75, 3.05) is 18.5 Å². The summed E-state index contributed by atoms with van der Waals surface area (Å²) in [6.07, 6.45) is 1.71. The summed E-state index contributed by atoms with van der Waals surface area (Å²) < 4.78 is 19.0. The highest BCUT2D eigenvalue weighted by Crippen LogP contribution is 2.24. The van der Waals surface area contributed by atoms with Gasteiger partial charge in [-0.25, -0.2) is 4.39 Å². The fraction of sp³-hybridized carbons (Fsp3) is 0.417. The molecule has 3 nitrogen and oxygen atoms in total. The minimum absolute atomic E-state index is 0.115. The van der Waals surface area contributed by atoms with E-state index in [0.29, 0.717) is 23.4 Å². The lowest BCUT2D eigenvalue weighted by Crippen LogP contribution is -2.30. The quantitative estimate of drug-likeness (QED) is 0.912. The number of halogens is 2. The molecule has 0 radical (unpaired) electrons. The zero-order valence-electron chi connectivity index (χ0n) is 9.21. The number of hydrogen-bond acceptors (Lipinski definition) is 2. The maximum atomic E-state index is 13.0. The lowest BCUT2D eigenvalue weighted by atomic mass is 10.0. The zero-order chi connectivity index (χ0) is 12.3. The fourth-order valence-corrected chi connectivity index (χ4v) is 2.12. The van der Waals surface area contributed by atoms with Gasteiger partial charge in [-0.3, -0.25) is 4.79 Å². The van der Waals surface area contributed by atoms with E-state index in [0.717, 1.165) is 12.8 Å². The van der Waals surface area contributed by atoms with Gasteiger partial charge in [-0.1, -0.05) is 0 Å². The van der Waals surface area contributed by atoms with E-state index in [1.54, 1.807) is 6.07 Å². The second-order valence-electron chi connectivity index (χ2n) is 4.03. The topological polar surface area (TPSA) is 38.3 Å². The van der Waals surface area contributed by atoms with Gasteiger partial charge in [-0.2, -0.15) is 0 Å². The van der Waals surface area contributed by atoms with Gasteiger partial charge in [0, 0.05) is 11.1 Å². The van der Waals surface area contributed by atoms with Crippen LogP contribution in [0.5, 0.6) is 0 Å². The second-order valence-corrected chi connectivity index (χ2v) is 4.88. The van der Waals surface area contributed by atoms with Crippen molar-refractivity contribution >= 4 is 27.5 Å². The van der Waals surface area contributed by atoms with Gasteiger partial charge in [0.2, 0.25) is 5.91 Å². The van der Waals surface area contributed by atoms with E-state index in [2.05, 4.69) is 21.2 Å². The predicted molar refractivity (Wildman–Crippen MR) is 66.3 cm³/mol. The molecule has 17 heavy (non-hydrogen) atoms.